The molecule has 4 heteroatoms. The lowest BCUT2D eigenvalue weighted by atomic mass is 9.91. The van der Waals surface area contributed by atoms with Gasteiger partial charge in [-0.15, -0.1) is 0 Å². The summed E-state index contributed by atoms with van der Waals surface area (Å²) in [5.41, 5.74) is 0.355. The lowest BCUT2D eigenvalue weighted by Gasteiger charge is -2.25. The van der Waals surface area contributed by atoms with Gasteiger partial charge in [0.25, 0.3) is 0 Å². The maximum Gasteiger partial charge on any atom is 0.224 e. The van der Waals surface area contributed by atoms with Crippen molar-refractivity contribution >= 4 is 5.91 Å². The molecule has 1 spiro atoms. The summed E-state index contributed by atoms with van der Waals surface area (Å²) in [5.74, 6) is 0.594. The summed E-state index contributed by atoms with van der Waals surface area (Å²) in [4.78, 5) is 12.3. The smallest absolute Gasteiger partial charge is 0.224 e. The van der Waals surface area contributed by atoms with Crippen molar-refractivity contribution < 1.29 is 9.53 Å². The van der Waals surface area contributed by atoms with Crippen LogP contribution in [0.3, 0.4) is 0 Å². The van der Waals surface area contributed by atoms with Crippen LogP contribution in [0.15, 0.2) is 0 Å². The molecule has 0 aromatic rings. The third-order valence-electron chi connectivity index (χ3n) is 5.54. The van der Waals surface area contributed by atoms with Crippen LogP contribution in [-0.2, 0) is 9.53 Å². The van der Waals surface area contributed by atoms with E-state index in [9.17, 15) is 4.79 Å². The van der Waals surface area contributed by atoms with Gasteiger partial charge in [0.05, 0.1) is 18.2 Å². The van der Waals surface area contributed by atoms with E-state index in [1.165, 1.54) is 19.3 Å². The Morgan fingerprint density at radius 1 is 1.28 bits per heavy atom. The molecule has 3 heterocycles. The van der Waals surface area contributed by atoms with E-state index in [1.54, 1.807) is 0 Å². The van der Waals surface area contributed by atoms with Crippen molar-refractivity contribution in [3.8, 4) is 0 Å². The number of carbonyl (C=O) groups is 1. The van der Waals surface area contributed by atoms with Gasteiger partial charge in [0.2, 0.25) is 5.91 Å². The molecule has 1 amide bonds. The molecule has 4 fully saturated rings. The molecule has 4 rings (SSSR count). The second-order valence-electron chi connectivity index (χ2n) is 6.59. The van der Waals surface area contributed by atoms with Gasteiger partial charge in [-0.1, -0.05) is 0 Å². The topological polar surface area (TPSA) is 50.4 Å². The van der Waals surface area contributed by atoms with Crippen LogP contribution in [0.2, 0.25) is 0 Å². The molecule has 3 aliphatic heterocycles. The second kappa shape index (κ2) is 3.94. The highest BCUT2D eigenvalue weighted by molar-refractivity contribution is 5.83. The van der Waals surface area contributed by atoms with Crippen LogP contribution in [0.1, 0.15) is 38.5 Å². The van der Waals surface area contributed by atoms with Crippen LogP contribution < -0.4 is 10.6 Å². The Balaban J connectivity index is 1.35. The first-order chi connectivity index (χ1) is 8.77. The molecule has 3 saturated heterocycles. The minimum atomic E-state index is 0.290. The highest BCUT2D eigenvalue weighted by Gasteiger charge is 2.58. The molecule has 2 bridgehead atoms. The Hall–Kier alpha value is -0.610. The molecule has 1 aliphatic carbocycles. The molecule has 4 unspecified atom stereocenters. The SMILES string of the molecule is O=C(NC1CC2CCC1O2)C1CC12CCNCC2. The molecule has 4 nitrogen and oxygen atoms in total. The number of amides is 1. The molecule has 2 N–H and O–H groups in total. The minimum Gasteiger partial charge on any atom is -0.373 e. The third-order valence-corrected chi connectivity index (χ3v) is 5.54. The van der Waals surface area contributed by atoms with Crippen LogP contribution >= 0.6 is 0 Å². The average Bonchev–Trinajstić information content (AvgIpc) is 2.76. The zero-order valence-electron chi connectivity index (χ0n) is 10.8. The van der Waals surface area contributed by atoms with Crippen LogP contribution in [0.25, 0.3) is 0 Å². The monoisotopic (exact) mass is 250 g/mol. The van der Waals surface area contributed by atoms with Gasteiger partial charge >= 0.3 is 0 Å². The first-order valence-electron chi connectivity index (χ1n) is 7.43. The highest BCUT2D eigenvalue weighted by atomic mass is 16.5. The van der Waals surface area contributed by atoms with Crippen molar-refractivity contribution in [1.29, 1.82) is 0 Å². The first-order valence-corrected chi connectivity index (χ1v) is 7.43. The van der Waals surface area contributed by atoms with E-state index in [4.69, 9.17) is 4.74 Å². The Kier molecular flexibility index (Phi) is 2.46. The van der Waals surface area contributed by atoms with Gasteiger partial charge in [-0.2, -0.15) is 0 Å². The van der Waals surface area contributed by atoms with Gasteiger partial charge in [0.15, 0.2) is 0 Å². The molecular formula is C14H22N2O2. The van der Waals surface area contributed by atoms with Crippen molar-refractivity contribution in [1.82, 2.24) is 10.6 Å². The molecule has 18 heavy (non-hydrogen) atoms. The van der Waals surface area contributed by atoms with Crippen molar-refractivity contribution in [3.63, 3.8) is 0 Å². The molecule has 0 aromatic carbocycles. The van der Waals surface area contributed by atoms with Crippen LogP contribution in [-0.4, -0.2) is 37.2 Å². The molecule has 0 radical (unpaired) electrons. The third kappa shape index (κ3) is 1.69. The zero-order valence-corrected chi connectivity index (χ0v) is 10.8. The van der Waals surface area contributed by atoms with Crippen LogP contribution in [0.4, 0.5) is 0 Å². The number of nitrogens with one attached hydrogen (secondary N) is 2. The summed E-state index contributed by atoms with van der Waals surface area (Å²) in [7, 11) is 0. The molecular weight excluding hydrogens is 228 g/mol. The number of hydrogen-bond acceptors (Lipinski definition) is 3. The Morgan fingerprint density at radius 3 is 2.78 bits per heavy atom. The maximum absolute atomic E-state index is 12.3. The second-order valence-corrected chi connectivity index (χ2v) is 6.59. The number of rotatable bonds is 2. The number of hydrogen-bond donors (Lipinski definition) is 2. The summed E-state index contributed by atoms with van der Waals surface area (Å²) in [6.07, 6.45) is 7.57. The van der Waals surface area contributed by atoms with Crippen molar-refractivity contribution in [2.75, 3.05) is 13.1 Å². The number of ether oxygens (including phenoxy) is 1. The average molecular weight is 250 g/mol. The maximum atomic E-state index is 12.3. The molecule has 100 valence electrons. The number of piperidine rings is 1. The van der Waals surface area contributed by atoms with Crippen LogP contribution in [0, 0.1) is 11.3 Å². The fraction of sp³-hybridized carbons (Fsp3) is 0.929. The standard InChI is InChI=1S/C14H22N2O2/c17-13(10-8-14(10)3-5-15-6-4-14)16-11-7-9-1-2-12(11)18-9/h9-12,15H,1-8H2,(H,16,17). The summed E-state index contributed by atoms with van der Waals surface area (Å²) in [5, 5.41) is 6.64. The number of carbonyl (C=O) groups excluding carboxylic acids is 1. The summed E-state index contributed by atoms with van der Waals surface area (Å²) >= 11 is 0. The van der Waals surface area contributed by atoms with Crippen LogP contribution in [0.5, 0.6) is 0 Å². The van der Waals surface area contributed by atoms with E-state index in [2.05, 4.69) is 10.6 Å². The number of fused-ring (bicyclic) bond motifs is 2. The van der Waals surface area contributed by atoms with Gasteiger partial charge in [-0.25, -0.2) is 0 Å². The van der Waals surface area contributed by atoms with Gasteiger partial charge in [-0.3, -0.25) is 4.79 Å². The largest absolute Gasteiger partial charge is 0.373 e. The lowest BCUT2D eigenvalue weighted by Crippen LogP contribution is -2.43. The lowest BCUT2D eigenvalue weighted by molar-refractivity contribution is -0.124. The van der Waals surface area contributed by atoms with Gasteiger partial charge in [0, 0.05) is 5.92 Å². The van der Waals surface area contributed by atoms with E-state index in [1.807, 2.05) is 0 Å². The summed E-state index contributed by atoms with van der Waals surface area (Å²) in [6, 6.07) is 0.301. The highest BCUT2D eigenvalue weighted by Crippen LogP contribution is 2.58. The quantitative estimate of drug-likeness (QED) is 0.762. The molecule has 1 saturated carbocycles. The van der Waals surface area contributed by atoms with Crippen molar-refractivity contribution in [2.45, 2.75) is 56.8 Å². The Bertz CT molecular complexity index is 365. The fourth-order valence-corrected chi connectivity index (χ4v) is 4.27. The zero-order chi connectivity index (χ0) is 12.2. The summed E-state index contributed by atoms with van der Waals surface area (Å²) in [6.45, 7) is 2.17. The van der Waals surface area contributed by atoms with E-state index >= 15 is 0 Å². The van der Waals surface area contributed by atoms with E-state index in [-0.39, 0.29) is 0 Å². The Labute approximate surface area is 108 Å². The minimum absolute atomic E-state index is 0.290. The van der Waals surface area contributed by atoms with Gasteiger partial charge < -0.3 is 15.4 Å². The van der Waals surface area contributed by atoms with E-state index in [0.717, 1.165) is 32.4 Å². The van der Waals surface area contributed by atoms with E-state index in [0.29, 0.717) is 35.5 Å². The fourth-order valence-electron chi connectivity index (χ4n) is 4.27. The predicted octanol–water partition coefficient (Wildman–Crippen LogP) is 0.812. The summed E-state index contributed by atoms with van der Waals surface area (Å²) < 4.78 is 5.80. The molecule has 4 atom stereocenters. The van der Waals surface area contributed by atoms with E-state index < -0.39 is 0 Å². The van der Waals surface area contributed by atoms with Gasteiger partial charge in [-0.05, 0) is 57.0 Å². The predicted molar refractivity (Wildman–Crippen MR) is 67.1 cm³/mol. The molecule has 4 aliphatic rings. The molecule has 0 aromatic heterocycles. The van der Waals surface area contributed by atoms with Crippen molar-refractivity contribution in [2.24, 2.45) is 11.3 Å². The Morgan fingerprint density at radius 2 is 2.11 bits per heavy atom. The first kappa shape index (κ1) is 11.2. The normalized spacial score (nSPS) is 44.2. The van der Waals surface area contributed by atoms with Crippen molar-refractivity contribution in [3.05, 3.63) is 0 Å². The van der Waals surface area contributed by atoms with Gasteiger partial charge in [0.1, 0.15) is 0 Å².